The maximum Gasteiger partial charge on any atom is 0.431 e. The van der Waals surface area contributed by atoms with E-state index in [2.05, 4.69) is 25.7 Å². The predicted octanol–water partition coefficient (Wildman–Crippen LogP) is 3.20. The van der Waals surface area contributed by atoms with Crippen molar-refractivity contribution >= 4 is 21.9 Å². The lowest BCUT2D eigenvalue weighted by molar-refractivity contribution is -0.144. The Hall–Kier alpha value is -3.68. The molecular weight excluding hydrogens is 534 g/mol. The highest BCUT2D eigenvalue weighted by atomic mass is 79.9. The van der Waals surface area contributed by atoms with Crippen molar-refractivity contribution in [1.29, 1.82) is 0 Å². The lowest BCUT2D eigenvalue weighted by Crippen LogP contribution is -2.41. The molecule has 0 spiro atoms. The molecule has 0 saturated carbocycles. The highest BCUT2D eigenvalue weighted by Gasteiger charge is 2.35. The van der Waals surface area contributed by atoms with Gasteiger partial charge in [0.15, 0.2) is 12.4 Å². The fourth-order valence-electron chi connectivity index (χ4n) is 2.75. The van der Waals surface area contributed by atoms with Crippen LogP contribution in [0.4, 0.5) is 17.6 Å². The predicted molar refractivity (Wildman–Crippen MR) is 112 cm³/mol. The molecule has 1 aromatic carbocycles. The summed E-state index contributed by atoms with van der Waals surface area (Å²) in [7, 11) is 1.96. The Bertz CT molecular complexity index is 1370. The zero-order valence-corrected chi connectivity index (χ0v) is 18.9. The Balaban J connectivity index is 2.08. The molecule has 0 aliphatic rings. The van der Waals surface area contributed by atoms with Gasteiger partial charge >= 0.3 is 17.8 Å². The van der Waals surface area contributed by atoms with Gasteiger partial charge in [-0.05, 0) is 34.1 Å². The van der Waals surface area contributed by atoms with Crippen molar-refractivity contribution < 1.29 is 36.6 Å². The number of hydrogen-bond acceptors (Lipinski definition) is 7. The maximum atomic E-state index is 14.7. The third-order valence-corrected chi connectivity index (χ3v) is 4.98. The van der Waals surface area contributed by atoms with Gasteiger partial charge in [-0.2, -0.15) is 13.2 Å². The van der Waals surface area contributed by atoms with Crippen LogP contribution in [0, 0.1) is 5.82 Å². The van der Waals surface area contributed by atoms with E-state index in [1.54, 1.807) is 0 Å². The van der Waals surface area contributed by atoms with Crippen LogP contribution in [0.15, 0.2) is 50.6 Å². The molecule has 0 bridgehead atoms. The highest BCUT2D eigenvalue weighted by Crippen LogP contribution is 2.36. The number of rotatable bonds is 6. The standard InChI is InChI=1S/C20H14BrF4N3O6/c1-27-15(20(23,24)25)8-16(29)28(19(27)31)12-7-14(10(21)6-11(12)22)34-13-4-3-5-26-18(13)33-9-17(30)32-2/h3-8H,9H2,1-2H3. The van der Waals surface area contributed by atoms with Gasteiger partial charge in [-0.15, -0.1) is 0 Å². The Morgan fingerprint density at radius 2 is 1.88 bits per heavy atom. The molecule has 0 fully saturated rings. The Labute approximate surface area is 196 Å². The van der Waals surface area contributed by atoms with Crippen LogP contribution in [-0.2, 0) is 22.8 Å². The molecule has 180 valence electrons. The number of alkyl halides is 3. The summed E-state index contributed by atoms with van der Waals surface area (Å²) in [6.45, 7) is -0.489. The number of esters is 1. The monoisotopic (exact) mass is 547 g/mol. The molecule has 34 heavy (non-hydrogen) atoms. The molecule has 3 rings (SSSR count). The minimum atomic E-state index is -4.97. The summed E-state index contributed by atoms with van der Waals surface area (Å²) in [5.74, 6) is -2.09. The highest BCUT2D eigenvalue weighted by molar-refractivity contribution is 9.10. The first kappa shape index (κ1) is 25.0. The molecule has 0 saturated heterocycles. The van der Waals surface area contributed by atoms with Crippen molar-refractivity contribution in [2.24, 2.45) is 7.05 Å². The normalized spacial score (nSPS) is 11.3. The van der Waals surface area contributed by atoms with Crippen LogP contribution in [0.5, 0.6) is 17.4 Å². The molecule has 3 aromatic rings. The van der Waals surface area contributed by atoms with Gasteiger partial charge in [-0.3, -0.25) is 9.36 Å². The number of methoxy groups -OCH3 is 1. The molecule has 2 aromatic heterocycles. The fraction of sp³-hybridized carbons (Fsp3) is 0.200. The Morgan fingerprint density at radius 3 is 2.53 bits per heavy atom. The average molecular weight is 548 g/mol. The molecule has 0 amide bonds. The van der Waals surface area contributed by atoms with Crippen molar-refractivity contribution in [1.82, 2.24) is 14.1 Å². The van der Waals surface area contributed by atoms with Crippen LogP contribution >= 0.6 is 15.9 Å². The van der Waals surface area contributed by atoms with Gasteiger partial charge < -0.3 is 14.2 Å². The zero-order valence-electron chi connectivity index (χ0n) is 17.4. The number of aromatic nitrogens is 3. The van der Waals surface area contributed by atoms with E-state index in [4.69, 9.17) is 9.47 Å². The van der Waals surface area contributed by atoms with E-state index < -0.39 is 47.2 Å². The molecule has 9 nitrogen and oxygen atoms in total. The fourth-order valence-corrected chi connectivity index (χ4v) is 3.15. The summed E-state index contributed by atoms with van der Waals surface area (Å²) in [5, 5.41) is 0. The lowest BCUT2D eigenvalue weighted by Gasteiger charge is -2.16. The van der Waals surface area contributed by atoms with Crippen LogP contribution in [0.25, 0.3) is 5.69 Å². The second kappa shape index (κ2) is 9.67. The maximum absolute atomic E-state index is 14.7. The van der Waals surface area contributed by atoms with Gasteiger partial charge in [0.05, 0.1) is 17.3 Å². The van der Waals surface area contributed by atoms with Crippen LogP contribution < -0.4 is 20.7 Å². The SMILES string of the molecule is COC(=O)COc1ncccc1Oc1cc(-n2c(=O)cc(C(F)(F)F)n(C)c2=O)c(F)cc1Br. The number of carbonyl (C=O) groups is 1. The van der Waals surface area contributed by atoms with Crippen molar-refractivity contribution in [2.45, 2.75) is 6.18 Å². The quantitative estimate of drug-likeness (QED) is 0.345. The summed E-state index contributed by atoms with van der Waals surface area (Å²) in [6.07, 6.45) is -3.63. The van der Waals surface area contributed by atoms with Crippen molar-refractivity contribution in [3.63, 3.8) is 0 Å². The van der Waals surface area contributed by atoms with Gasteiger partial charge in [-0.25, -0.2) is 23.5 Å². The van der Waals surface area contributed by atoms with Crippen LogP contribution in [0.3, 0.4) is 0 Å². The first-order valence-electron chi connectivity index (χ1n) is 9.16. The van der Waals surface area contributed by atoms with E-state index >= 15 is 0 Å². The number of carbonyl (C=O) groups excluding carboxylic acids is 1. The first-order valence-corrected chi connectivity index (χ1v) is 9.95. The minimum absolute atomic E-state index is 0.0302. The minimum Gasteiger partial charge on any atom is -0.466 e. The van der Waals surface area contributed by atoms with Crippen molar-refractivity contribution in [3.8, 4) is 23.1 Å². The van der Waals surface area contributed by atoms with Crippen LogP contribution in [0.1, 0.15) is 5.69 Å². The molecule has 0 radical (unpaired) electrons. The third kappa shape index (κ3) is 5.11. The van der Waals surface area contributed by atoms with Crippen LogP contribution in [0.2, 0.25) is 0 Å². The van der Waals surface area contributed by atoms with Gasteiger partial charge in [0.25, 0.3) is 11.4 Å². The molecule has 0 unspecified atom stereocenters. The molecule has 0 N–H and O–H groups in total. The number of ether oxygens (including phenoxy) is 3. The van der Waals surface area contributed by atoms with Gasteiger partial charge in [0.1, 0.15) is 17.3 Å². The topological polar surface area (TPSA) is 102 Å². The van der Waals surface area contributed by atoms with Gasteiger partial charge in [-0.1, -0.05) is 0 Å². The summed E-state index contributed by atoms with van der Waals surface area (Å²) in [4.78, 5) is 40.1. The average Bonchev–Trinajstić information content (AvgIpc) is 2.77. The van der Waals surface area contributed by atoms with E-state index in [1.165, 1.54) is 18.3 Å². The van der Waals surface area contributed by atoms with Gasteiger partial charge in [0.2, 0.25) is 0 Å². The Kier molecular flexibility index (Phi) is 7.09. The molecule has 0 atom stereocenters. The first-order chi connectivity index (χ1) is 15.9. The number of benzene rings is 1. The third-order valence-electron chi connectivity index (χ3n) is 4.36. The molecular formula is C20H14BrF4N3O6. The summed E-state index contributed by atoms with van der Waals surface area (Å²) in [6, 6.07) is 4.85. The number of hydrogen-bond donors (Lipinski definition) is 0. The van der Waals surface area contributed by atoms with E-state index in [0.29, 0.717) is 0 Å². The van der Waals surface area contributed by atoms with Crippen LogP contribution in [-0.4, -0.2) is 33.8 Å². The smallest absolute Gasteiger partial charge is 0.431 e. The van der Waals surface area contributed by atoms with Gasteiger partial charge in [0, 0.05) is 25.4 Å². The molecule has 2 heterocycles. The van der Waals surface area contributed by atoms with E-state index in [9.17, 15) is 31.9 Å². The summed E-state index contributed by atoms with van der Waals surface area (Å²) >= 11 is 3.08. The summed E-state index contributed by atoms with van der Waals surface area (Å²) < 4.78 is 69.8. The Morgan fingerprint density at radius 1 is 1.18 bits per heavy atom. The van der Waals surface area contributed by atoms with E-state index in [0.717, 1.165) is 26.3 Å². The summed E-state index contributed by atoms with van der Waals surface area (Å²) in [5.41, 5.74) is -4.96. The second-order valence-corrected chi connectivity index (χ2v) is 7.40. The number of halogens is 5. The van der Waals surface area contributed by atoms with Crippen molar-refractivity contribution in [3.05, 3.63) is 73.4 Å². The number of nitrogens with zero attached hydrogens (tertiary/aromatic N) is 3. The van der Waals surface area contributed by atoms with Crippen molar-refractivity contribution in [2.75, 3.05) is 13.7 Å². The molecule has 0 aliphatic heterocycles. The lowest BCUT2D eigenvalue weighted by atomic mass is 10.2. The van der Waals surface area contributed by atoms with E-state index in [1.807, 2.05) is 0 Å². The largest absolute Gasteiger partial charge is 0.466 e. The zero-order chi connectivity index (χ0) is 25.2. The van der Waals surface area contributed by atoms with E-state index in [-0.39, 0.29) is 37.1 Å². The second-order valence-electron chi connectivity index (χ2n) is 6.55. The number of pyridine rings is 1. The molecule has 14 heteroatoms. The molecule has 0 aliphatic carbocycles.